The third-order valence-electron chi connectivity index (χ3n) is 5.94. The van der Waals surface area contributed by atoms with Crippen LogP contribution in [0.4, 0.5) is 21.9 Å². The quantitative estimate of drug-likeness (QED) is 0.0674. The lowest BCUT2D eigenvalue weighted by Crippen LogP contribution is -2.18. The van der Waals surface area contributed by atoms with E-state index in [0.29, 0.717) is 41.9 Å². The number of hydrogen-bond donors (Lipinski definition) is 4. The standard InChI is InChI=1S/C30H28IN3O4/c31-21-17-18-27(35)23(19-21)28(15-2-1-3-16-29(36)33-26-13-7-6-12-24(26)32)38-30(37)34-25-14-8-10-20-9-4-5-11-22(20)25/h3-14,16-19,28,35H,1-2,15,32H2,(H,33,36)(H,34,37)/b16-3+/t28-/m0/s1. The summed E-state index contributed by atoms with van der Waals surface area (Å²) in [6.07, 6.45) is 3.58. The van der Waals surface area contributed by atoms with Gasteiger partial charge >= 0.3 is 6.09 Å². The number of phenolic OH excluding ortho intramolecular Hbond substituents is 1. The van der Waals surface area contributed by atoms with E-state index in [9.17, 15) is 14.7 Å². The molecular weight excluding hydrogens is 593 g/mol. The van der Waals surface area contributed by atoms with Crippen LogP contribution in [-0.4, -0.2) is 17.1 Å². The first kappa shape index (κ1) is 27.0. The van der Waals surface area contributed by atoms with Gasteiger partial charge in [0.15, 0.2) is 0 Å². The van der Waals surface area contributed by atoms with Crippen molar-refractivity contribution in [2.75, 3.05) is 16.4 Å². The molecule has 0 saturated carbocycles. The zero-order chi connectivity index (χ0) is 26.9. The van der Waals surface area contributed by atoms with Crippen LogP contribution in [0.15, 0.2) is 97.1 Å². The smallest absolute Gasteiger partial charge is 0.412 e. The van der Waals surface area contributed by atoms with E-state index in [2.05, 4.69) is 33.2 Å². The van der Waals surface area contributed by atoms with Gasteiger partial charge in [-0.2, -0.15) is 0 Å². The number of anilines is 3. The molecule has 4 rings (SSSR count). The fourth-order valence-electron chi connectivity index (χ4n) is 4.06. The van der Waals surface area contributed by atoms with Gasteiger partial charge in [-0.05, 0) is 89.7 Å². The number of allylic oxidation sites excluding steroid dienone is 1. The van der Waals surface area contributed by atoms with Crippen LogP contribution < -0.4 is 16.4 Å². The fourth-order valence-corrected chi connectivity index (χ4v) is 4.58. The van der Waals surface area contributed by atoms with Crippen LogP contribution in [0.2, 0.25) is 0 Å². The molecule has 0 radical (unpaired) electrons. The molecule has 0 unspecified atom stereocenters. The van der Waals surface area contributed by atoms with Crippen molar-refractivity contribution in [3.05, 3.63) is 106 Å². The normalized spacial score (nSPS) is 11.8. The fraction of sp³-hybridized carbons (Fsp3) is 0.133. The molecule has 0 spiro atoms. The number of hydrogen-bond acceptors (Lipinski definition) is 5. The molecule has 0 saturated heterocycles. The number of nitrogen functional groups attached to an aromatic ring is 1. The number of nitrogens with two attached hydrogens (primary N) is 1. The Kier molecular flexibility index (Phi) is 9.21. The molecule has 0 aromatic heterocycles. The Morgan fingerprint density at radius 2 is 1.68 bits per heavy atom. The van der Waals surface area contributed by atoms with Gasteiger partial charge in [0.1, 0.15) is 11.9 Å². The van der Waals surface area contributed by atoms with E-state index in [1.807, 2.05) is 42.5 Å². The highest BCUT2D eigenvalue weighted by Gasteiger charge is 2.21. The summed E-state index contributed by atoms with van der Waals surface area (Å²) in [4.78, 5) is 25.1. The number of fused-ring (bicyclic) bond motifs is 1. The number of carbonyl (C=O) groups is 2. The zero-order valence-corrected chi connectivity index (χ0v) is 22.7. The Labute approximate surface area is 234 Å². The minimum atomic E-state index is -0.675. The molecule has 7 nitrogen and oxygen atoms in total. The first-order chi connectivity index (χ1) is 18.4. The summed E-state index contributed by atoms with van der Waals surface area (Å²) in [6, 6.07) is 25.7. The highest BCUT2D eigenvalue weighted by molar-refractivity contribution is 14.1. The van der Waals surface area contributed by atoms with Gasteiger partial charge in [-0.1, -0.05) is 54.6 Å². The third kappa shape index (κ3) is 7.25. The SMILES string of the molecule is Nc1ccccc1NC(=O)/C=C/CCC[C@H](OC(=O)Nc1cccc2ccccc12)c1cc(I)ccc1O. The maximum Gasteiger partial charge on any atom is 0.412 e. The van der Waals surface area contributed by atoms with Gasteiger partial charge in [0.25, 0.3) is 0 Å². The molecule has 1 atom stereocenters. The Hall–Kier alpha value is -4.05. The minimum Gasteiger partial charge on any atom is -0.508 e. The maximum absolute atomic E-state index is 12.9. The average Bonchev–Trinajstić information content (AvgIpc) is 2.91. The van der Waals surface area contributed by atoms with Crippen molar-refractivity contribution >= 4 is 62.4 Å². The molecule has 38 heavy (non-hydrogen) atoms. The molecule has 0 bridgehead atoms. The summed E-state index contributed by atoms with van der Waals surface area (Å²) in [7, 11) is 0. The number of carbonyl (C=O) groups excluding carboxylic acids is 2. The van der Waals surface area contributed by atoms with Gasteiger partial charge in [0, 0.05) is 14.5 Å². The van der Waals surface area contributed by atoms with Crippen LogP contribution in [0.5, 0.6) is 5.75 Å². The van der Waals surface area contributed by atoms with Crippen molar-refractivity contribution in [3.63, 3.8) is 0 Å². The van der Waals surface area contributed by atoms with Gasteiger partial charge in [0.05, 0.1) is 17.1 Å². The first-order valence-corrected chi connectivity index (χ1v) is 13.2. The topological polar surface area (TPSA) is 114 Å². The van der Waals surface area contributed by atoms with Crippen LogP contribution in [0.25, 0.3) is 10.8 Å². The van der Waals surface area contributed by atoms with Crippen LogP contribution in [-0.2, 0) is 9.53 Å². The van der Waals surface area contributed by atoms with E-state index in [1.54, 1.807) is 48.5 Å². The molecular formula is C30H28IN3O4. The molecule has 0 aliphatic rings. The minimum absolute atomic E-state index is 0.0590. The molecule has 0 fully saturated rings. The van der Waals surface area contributed by atoms with E-state index >= 15 is 0 Å². The number of nitrogens with one attached hydrogen (secondary N) is 2. The Balaban J connectivity index is 1.40. The largest absolute Gasteiger partial charge is 0.508 e. The summed E-state index contributed by atoms with van der Waals surface area (Å²) in [5.41, 5.74) is 8.10. The predicted molar refractivity (Wildman–Crippen MR) is 160 cm³/mol. The Morgan fingerprint density at radius 3 is 2.53 bits per heavy atom. The van der Waals surface area contributed by atoms with Crippen molar-refractivity contribution < 1.29 is 19.4 Å². The highest BCUT2D eigenvalue weighted by atomic mass is 127. The molecule has 4 aromatic carbocycles. The monoisotopic (exact) mass is 621 g/mol. The molecule has 0 aliphatic heterocycles. The summed E-state index contributed by atoms with van der Waals surface area (Å²) in [5.74, 6) is -0.218. The van der Waals surface area contributed by atoms with Crippen LogP contribution in [0, 0.1) is 3.57 Å². The van der Waals surface area contributed by atoms with E-state index < -0.39 is 12.2 Å². The molecule has 2 amide bonds. The van der Waals surface area contributed by atoms with Crippen molar-refractivity contribution in [2.24, 2.45) is 0 Å². The zero-order valence-electron chi connectivity index (χ0n) is 20.6. The number of aromatic hydroxyl groups is 1. The molecule has 0 aliphatic carbocycles. The lowest BCUT2D eigenvalue weighted by molar-refractivity contribution is -0.111. The Bertz CT molecular complexity index is 1470. The van der Waals surface area contributed by atoms with Crippen molar-refractivity contribution in [1.29, 1.82) is 0 Å². The number of rotatable bonds is 9. The van der Waals surface area contributed by atoms with E-state index in [1.165, 1.54) is 6.08 Å². The number of unbranched alkanes of at least 4 members (excludes halogenated alkanes) is 1. The van der Waals surface area contributed by atoms with Gasteiger partial charge in [-0.15, -0.1) is 0 Å². The average molecular weight is 621 g/mol. The second kappa shape index (κ2) is 13.0. The predicted octanol–water partition coefficient (Wildman–Crippen LogP) is 7.39. The molecule has 5 N–H and O–H groups in total. The Morgan fingerprint density at radius 1 is 0.947 bits per heavy atom. The summed E-state index contributed by atoms with van der Waals surface area (Å²) < 4.78 is 6.73. The maximum atomic E-state index is 12.9. The second-order valence-electron chi connectivity index (χ2n) is 8.66. The first-order valence-electron chi connectivity index (χ1n) is 12.2. The summed E-state index contributed by atoms with van der Waals surface area (Å²) >= 11 is 2.15. The van der Waals surface area contributed by atoms with Crippen LogP contribution in [0.1, 0.15) is 30.9 Å². The van der Waals surface area contributed by atoms with Crippen molar-refractivity contribution in [1.82, 2.24) is 0 Å². The number of halogens is 1. The van der Waals surface area contributed by atoms with Crippen LogP contribution >= 0.6 is 22.6 Å². The van der Waals surface area contributed by atoms with E-state index in [-0.39, 0.29) is 11.7 Å². The number of ether oxygens (including phenoxy) is 1. The molecule has 194 valence electrons. The number of amides is 2. The number of phenols is 1. The van der Waals surface area contributed by atoms with Gasteiger partial charge in [-0.25, -0.2) is 4.79 Å². The lowest BCUT2D eigenvalue weighted by Gasteiger charge is -2.20. The van der Waals surface area contributed by atoms with E-state index in [4.69, 9.17) is 10.5 Å². The van der Waals surface area contributed by atoms with Gasteiger partial charge in [0.2, 0.25) is 5.91 Å². The lowest BCUT2D eigenvalue weighted by atomic mass is 10.0. The van der Waals surface area contributed by atoms with Crippen molar-refractivity contribution in [2.45, 2.75) is 25.4 Å². The number of para-hydroxylation sites is 2. The van der Waals surface area contributed by atoms with E-state index in [0.717, 1.165) is 14.3 Å². The second-order valence-corrected chi connectivity index (χ2v) is 9.90. The third-order valence-corrected chi connectivity index (χ3v) is 6.61. The van der Waals surface area contributed by atoms with Crippen LogP contribution in [0.3, 0.4) is 0 Å². The van der Waals surface area contributed by atoms with Gasteiger partial charge < -0.3 is 20.9 Å². The van der Waals surface area contributed by atoms with Gasteiger partial charge in [-0.3, -0.25) is 10.1 Å². The molecule has 4 aromatic rings. The molecule has 0 heterocycles. The number of benzene rings is 4. The highest BCUT2D eigenvalue weighted by Crippen LogP contribution is 2.33. The van der Waals surface area contributed by atoms with Crippen molar-refractivity contribution in [3.8, 4) is 5.75 Å². The summed E-state index contributed by atoms with van der Waals surface area (Å²) in [6.45, 7) is 0. The molecule has 8 heteroatoms. The summed E-state index contributed by atoms with van der Waals surface area (Å²) in [5, 5.41) is 18.0.